The molecule has 0 atom stereocenters. The number of halogens is 1. The lowest BCUT2D eigenvalue weighted by Gasteiger charge is -2.03. The molecule has 0 spiro atoms. The second-order valence-electron chi connectivity index (χ2n) is 4.48. The molecule has 3 rings (SSSR count). The van der Waals surface area contributed by atoms with Crippen LogP contribution in [0.25, 0.3) is 5.52 Å². The number of rotatable bonds is 2. The summed E-state index contributed by atoms with van der Waals surface area (Å²) in [5.74, 6) is 1.05. The third kappa shape index (κ3) is 2.12. The minimum absolute atomic E-state index is 0.766. The van der Waals surface area contributed by atoms with Crippen LogP contribution in [0, 0.1) is 6.92 Å². The third-order valence-electron chi connectivity index (χ3n) is 3.03. The number of aromatic nitrogens is 2. The fourth-order valence-electron chi connectivity index (χ4n) is 2.07. The lowest BCUT2D eigenvalue weighted by Crippen LogP contribution is -1.96. The molecule has 1 aromatic carbocycles. The van der Waals surface area contributed by atoms with Gasteiger partial charge in [-0.2, -0.15) is 0 Å². The normalized spacial score (nSPS) is 11.0. The number of pyridine rings is 1. The number of nitrogens with zero attached hydrogens (tertiary/aromatic N) is 2. The molecule has 2 heterocycles. The second-order valence-corrected chi connectivity index (χ2v) is 4.92. The Morgan fingerprint density at radius 3 is 2.67 bits per heavy atom. The van der Waals surface area contributed by atoms with Gasteiger partial charge in [-0.1, -0.05) is 29.8 Å². The molecule has 0 saturated carbocycles. The largest absolute Gasteiger partial charge is 0.303 e. The summed E-state index contributed by atoms with van der Waals surface area (Å²) in [5, 5.41) is 0.766. The second kappa shape index (κ2) is 4.46. The number of hydrogen-bond donors (Lipinski definition) is 0. The number of imidazole rings is 1. The van der Waals surface area contributed by atoms with E-state index in [1.54, 1.807) is 0 Å². The quantitative estimate of drug-likeness (QED) is 0.680. The predicted octanol–water partition coefficient (Wildman–Crippen LogP) is 3.89. The zero-order valence-electron chi connectivity index (χ0n) is 10.1. The van der Waals surface area contributed by atoms with Crippen LogP contribution in [0.3, 0.4) is 0 Å². The van der Waals surface area contributed by atoms with E-state index < -0.39 is 0 Å². The zero-order valence-corrected chi connectivity index (χ0v) is 10.9. The van der Waals surface area contributed by atoms with Crippen molar-refractivity contribution >= 4 is 17.1 Å². The van der Waals surface area contributed by atoms with Crippen LogP contribution in [0.1, 0.15) is 17.0 Å². The van der Waals surface area contributed by atoms with Gasteiger partial charge in [-0.3, -0.25) is 0 Å². The molecule has 0 aliphatic carbocycles. The molecule has 0 radical (unpaired) electrons. The first-order valence-electron chi connectivity index (χ1n) is 5.89. The van der Waals surface area contributed by atoms with Crippen molar-refractivity contribution in [1.82, 2.24) is 9.38 Å². The number of fused-ring (bicyclic) bond motifs is 1. The van der Waals surface area contributed by atoms with Crippen molar-refractivity contribution in [2.45, 2.75) is 13.3 Å². The van der Waals surface area contributed by atoms with Gasteiger partial charge in [0, 0.05) is 17.6 Å². The van der Waals surface area contributed by atoms with Gasteiger partial charge in [0.25, 0.3) is 0 Å². The van der Waals surface area contributed by atoms with Crippen molar-refractivity contribution in [2.75, 3.05) is 0 Å². The molecule has 0 fully saturated rings. The van der Waals surface area contributed by atoms with E-state index in [9.17, 15) is 0 Å². The standard InChI is InChI=1S/C15H13ClN2/c1-11-2-7-14-9-17-15(18(14)10-11)8-12-3-5-13(16)6-4-12/h2-7,9-10H,8H2,1H3. The van der Waals surface area contributed by atoms with Crippen molar-refractivity contribution in [3.05, 3.63) is 70.8 Å². The van der Waals surface area contributed by atoms with E-state index in [4.69, 9.17) is 11.6 Å². The highest BCUT2D eigenvalue weighted by Gasteiger charge is 2.04. The maximum atomic E-state index is 5.89. The van der Waals surface area contributed by atoms with Crippen molar-refractivity contribution in [3.8, 4) is 0 Å². The number of benzene rings is 1. The van der Waals surface area contributed by atoms with Crippen LogP contribution in [-0.4, -0.2) is 9.38 Å². The molecule has 2 nitrogen and oxygen atoms in total. The first-order valence-corrected chi connectivity index (χ1v) is 6.27. The van der Waals surface area contributed by atoms with E-state index in [1.165, 1.54) is 11.1 Å². The highest BCUT2D eigenvalue weighted by Crippen LogP contribution is 2.15. The molecule has 0 aliphatic rings. The van der Waals surface area contributed by atoms with Crippen LogP contribution in [-0.2, 0) is 6.42 Å². The Morgan fingerprint density at radius 1 is 1.11 bits per heavy atom. The van der Waals surface area contributed by atoms with Gasteiger partial charge in [0.1, 0.15) is 5.82 Å². The minimum atomic E-state index is 0.766. The summed E-state index contributed by atoms with van der Waals surface area (Å²) in [6.07, 6.45) is 4.84. The van der Waals surface area contributed by atoms with Gasteiger partial charge >= 0.3 is 0 Å². The molecule has 3 heteroatoms. The maximum Gasteiger partial charge on any atom is 0.117 e. The van der Waals surface area contributed by atoms with E-state index in [-0.39, 0.29) is 0 Å². The average Bonchev–Trinajstić information content (AvgIpc) is 2.75. The fourth-order valence-corrected chi connectivity index (χ4v) is 2.19. The first kappa shape index (κ1) is 11.3. The Kier molecular flexibility index (Phi) is 2.80. The summed E-state index contributed by atoms with van der Waals surface area (Å²) in [5.41, 5.74) is 3.58. The smallest absolute Gasteiger partial charge is 0.117 e. The Balaban J connectivity index is 1.99. The molecule has 0 bridgehead atoms. The minimum Gasteiger partial charge on any atom is -0.303 e. The monoisotopic (exact) mass is 256 g/mol. The number of hydrogen-bond acceptors (Lipinski definition) is 1. The highest BCUT2D eigenvalue weighted by atomic mass is 35.5. The van der Waals surface area contributed by atoms with Gasteiger partial charge in [-0.25, -0.2) is 4.98 Å². The van der Waals surface area contributed by atoms with E-state index in [0.717, 1.165) is 22.8 Å². The summed E-state index contributed by atoms with van der Waals surface area (Å²) < 4.78 is 2.14. The van der Waals surface area contributed by atoms with Gasteiger partial charge in [0.05, 0.1) is 11.7 Å². The summed E-state index contributed by atoms with van der Waals surface area (Å²) in [7, 11) is 0. The molecule has 2 aromatic heterocycles. The Hall–Kier alpha value is -1.80. The lowest BCUT2D eigenvalue weighted by atomic mass is 10.1. The Morgan fingerprint density at radius 2 is 1.89 bits per heavy atom. The number of aryl methyl sites for hydroxylation is 1. The van der Waals surface area contributed by atoms with Crippen molar-refractivity contribution in [1.29, 1.82) is 0 Å². The SMILES string of the molecule is Cc1ccc2cnc(Cc3ccc(Cl)cc3)n2c1. The lowest BCUT2D eigenvalue weighted by molar-refractivity contribution is 0.956. The molecule has 18 heavy (non-hydrogen) atoms. The molecule has 0 unspecified atom stereocenters. The van der Waals surface area contributed by atoms with Crippen LogP contribution in [0.4, 0.5) is 0 Å². The molecular formula is C15H13ClN2. The fraction of sp³-hybridized carbons (Fsp3) is 0.133. The van der Waals surface area contributed by atoms with Gasteiger partial charge in [0.15, 0.2) is 0 Å². The predicted molar refractivity (Wildman–Crippen MR) is 74.2 cm³/mol. The molecule has 0 amide bonds. The van der Waals surface area contributed by atoms with Crippen LogP contribution in [0.2, 0.25) is 5.02 Å². The topological polar surface area (TPSA) is 17.3 Å². The van der Waals surface area contributed by atoms with Gasteiger partial charge < -0.3 is 4.40 Å². The Labute approximate surface area is 111 Å². The van der Waals surface area contributed by atoms with Crippen molar-refractivity contribution in [2.24, 2.45) is 0 Å². The average molecular weight is 257 g/mol. The Bertz CT molecular complexity index is 683. The zero-order chi connectivity index (χ0) is 12.5. The van der Waals surface area contributed by atoms with Crippen LogP contribution < -0.4 is 0 Å². The molecule has 90 valence electrons. The molecule has 3 aromatic rings. The third-order valence-corrected chi connectivity index (χ3v) is 3.28. The summed E-state index contributed by atoms with van der Waals surface area (Å²) in [4.78, 5) is 4.48. The van der Waals surface area contributed by atoms with Crippen molar-refractivity contribution in [3.63, 3.8) is 0 Å². The van der Waals surface area contributed by atoms with E-state index in [1.807, 2.05) is 30.5 Å². The molecular weight excluding hydrogens is 244 g/mol. The van der Waals surface area contributed by atoms with Crippen molar-refractivity contribution < 1.29 is 0 Å². The van der Waals surface area contributed by atoms with Crippen LogP contribution in [0.5, 0.6) is 0 Å². The van der Waals surface area contributed by atoms with Crippen LogP contribution >= 0.6 is 11.6 Å². The van der Waals surface area contributed by atoms with Crippen LogP contribution in [0.15, 0.2) is 48.8 Å². The molecule has 0 aliphatic heterocycles. The molecule has 0 N–H and O–H groups in total. The van der Waals surface area contributed by atoms with Gasteiger partial charge in [-0.15, -0.1) is 0 Å². The first-order chi connectivity index (χ1) is 8.72. The van der Waals surface area contributed by atoms with E-state index >= 15 is 0 Å². The highest BCUT2D eigenvalue weighted by molar-refractivity contribution is 6.30. The van der Waals surface area contributed by atoms with E-state index in [0.29, 0.717) is 0 Å². The summed E-state index contributed by atoms with van der Waals surface area (Å²) in [6.45, 7) is 2.09. The maximum absolute atomic E-state index is 5.89. The van der Waals surface area contributed by atoms with E-state index in [2.05, 4.69) is 34.6 Å². The summed E-state index contributed by atoms with van der Waals surface area (Å²) in [6, 6.07) is 12.1. The van der Waals surface area contributed by atoms with Gasteiger partial charge in [0.2, 0.25) is 0 Å². The summed E-state index contributed by atoms with van der Waals surface area (Å²) >= 11 is 5.89. The van der Waals surface area contributed by atoms with Gasteiger partial charge in [-0.05, 0) is 36.2 Å². The molecule has 0 saturated heterocycles.